The maximum absolute atomic E-state index is 13.3. The molecule has 22 heavy (non-hydrogen) atoms. The number of rotatable bonds is 5. The third-order valence-electron chi connectivity index (χ3n) is 3.82. The second-order valence-electron chi connectivity index (χ2n) is 6.71. The first kappa shape index (κ1) is 17.0. The van der Waals surface area contributed by atoms with Gasteiger partial charge in [0.2, 0.25) is 0 Å². The molecule has 2 rings (SSSR count). The molecule has 1 atom stereocenters. The summed E-state index contributed by atoms with van der Waals surface area (Å²) in [5, 5.41) is 0. The lowest BCUT2D eigenvalue weighted by atomic mass is 9.86. The number of alkyl halides is 1. The minimum Gasteiger partial charge on any atom is -0.490 e. The van der Waals surface area contributed by atoms with E-state index in [1.54, 1.807) is 0 Å². The zero-order valence-electron chi connectivity index (χ0n) is 13.8. The van der Waals surface area contributed by atoms with Crippen LogP contribution in [-0.4, -0.2) is 45.6 Å². The van der Waals surface area contributed by atoms with Crippen LogP contribution in [0.3, 0.4) is 0 Å². The van der Waals surface area contributed by atoms with Gasteiger partial charge in [0.25, 0.3) is 0 Å². The van der Waals surface area contributed by atoms with E-state index in [0.29, 0.717) is 5.75 Å². The zero-order chi connectivity index (χ0) is 16.2. The Morgan fingerprint density at radius 1 is 1.27 bits per heavy atom. The number of anilines is 1. The number of nitrogens with zero attached hydrogens (tertiary/aromatic N) is 1. The molecule has 0 amide bonds. The molecule has 0 spiro atoms. The van der Waals surface area contributed by atoms with Crippen LogP contribution >= 0.6 is 0 Å². The third-order valence-corrected chi connectivity index (χ3v) is 3.82. The fourth-order valence-electron chi connectivity index (χ4n) is 2.36. The number of benzene rings is 1. The summed E-state index contributed by atoms with van der Waals surface area (Å²) >= 11 is 0. The van der Waals surface area contributed by atoms with Crippen molar-refractivity contribution in [3.05, 3.63) is 23.8 Å². The molecule has 0 aromatic heterocycles. The smallest absolute Gasteiger partial charge is 0.146 e. The molecule has 4 nitrogen and oxygen atoms in total. The minimum absolute atomic E-state index is 0.00336. The van der Waals surface area contributed by atoms with Crippen LogP contribution in [0.2, 0.25) is 0 Å². The Kier molecular flexibility index (Phi) is 5.64. The van der Waals surface area contributed by atoms with Crippen molar-refractivity contribution in [2.45, 2.75) is 32.4 Å². The molecule has 0 aliphatic carbocycles. The van der Waals surface area contributed by atoms with E-state index in [1.165, 1.54) is 5.56 Å². The van der Waals surface area contributed by atoms with E-state index in [2.05, 4.69) is 31.7 Å². The van der Waals surface area contributed by atoms with Gasteiger partial charge < -0.3 is 20.1 Å². The molecule has 0 bridgehead atoms. The topological polar surface area (TPSA) is 47.7 Å². The Hall–Kier alpha value is -1.33. The number of hydrogen-bond acceptors (Lipinski definition) is 4. The highest BCUT2D eigenvalue weighted by atomic mass is 19.1. The van der Waals surface area contributed by atoms with E-state index < -0.39 is 6.17 Å². The van der Waals surface area contributed by atoms with Crippen LogP contribution in [0.4, 0.5) is 10.1 Å². The third kappa shape index (κ3) is 4.58. The van der Waals surface area contributed by atoms with Crippen molar-refractivity contribution < 1.29 is 13.9 Å². The Balaban J connectivity index is 2.24. The maximum atomic E-state index is 13.3. The van der Waals surface area contributed by atoms with E-state index in [1.807, 2.05) is 12.1 Å². The number of ether oxygens (including phenoxy) is 2. The second kappa shape index (κ2) is 7.29. The summed E-state index contributed by atoms with van der Waals surface area (Å²) in [5.74, 6) is 0.699. The van der Waals surface area contributed by atoms with Crippen molar-refractivity contribution in [2.24, 2.45) is 5.73 Å². The highest BCUT2D eigenvalue weighted by Gasteiger charge is 2.19. The minimum atomic E-state index is -1.13. The summed E-state index contributed by atoms with van der Waals surface area (Å²) in [7, 11) is 0. The first-order chi connectivity index (χ1) is 10.4. The summed E-state index contributed by atoms with van der Waals surface area (Å²) < 4.78 is 24.3. The number of nitrogens with two attached hydrogens (primary N) is 1. The Morgan fingerprint density at radius 3 is 2.55 bits per heavy atom. The van der Waals surface area contributed by atoms with Gasteiger partial charge in [0.05, 0.1) is 13.2 Å². The fraction of sp³-hybridized carbons (Fsp3) is 0.647. The lowest BCUT2D eigenvalue weighted by Gasteiger charge is -2.31. The van der Waals surface area contributed by atoms with Gasteiger partial charge in [-0.25, -0.2) is 4.39 Å². The van der Waals surface area contributed by atoms with Gasteiger partial charge >= 0.3 is 0 Å². The lowest BCUT2D eigenvalue weighted by molar-refractivity contribution is 0.122. The van der Waals surface area contributed by atoms with Crippen molar-refractivity contribution in [1.82, 2.24) is 0 Å². The summed E-state index contributed by atoms with van der Waals surface area (Å²) in [4.78, 5) is 2.28. The molecule has 0 saturated carbocycles. The van der Waals surface area contributed by atoms with Crippen molar-refractivity contribution in [1.29, 1.82) is 0 Å². The van der Waals surface area contributed by atoms with Crippen molar-refractivity contribution in [2.75, 3.05) is 44.4 Å². The van der Waals surface area contributed by atoms with E-state index in [0.717, 1.165) is 32.0 Å². The van der Waals surface area contributed by atoms with Gasteiger partial charge in [0.15, 0.2) is 0 Å². The zero-order valence-corrected chi connectivity index (χ0v) is 13.8. The quantitative estimate of drug-likeness (QED) is 0.908. The summed E-state index contributed by atoms with van der Waals surface area (Å²) in [6.45, 7) is 9.64. The highest BCUT2D eigenvalue weighted by Crippen LogP contribution is 2.32. The van der Waals surface area contributed by atoms with Crippen LogP contribution in [0.1, 0.15) is 26.3 Å². The van der Waals surface area contributed by atoms with Gasteiger partial charge in [0.1, 0.15) is 18.5 Å². The number of morpholine rings is 1. The van der Waals surface area contributed by atoms with Crippen LogP contribution in [0.15, 0.2) is 18.2 Å². The van der Waals surface area contributed by atoms with Gasteiger partial charge in [-0.3, -0.25) is 0 Å². The van der Waals surface area contributed by atoms with Gasteiger partial charge in [-0.05, 0) is 23.1 Å². The molecule has 2 N–H and O–H groups in total. The van der Waals surface area contributed by atoms with Crippen LogP contribution in [0.5, 0.6) is 5.75 Å². The van der Waals surface area contributed by atoms with Gasteiger partial charge in [-0.15, -0.1) is 0 Å². The molecule has 5 heteroatoms. The molecule has 124 valence electrons. The molecule has 1 heterocycles. The van der Waals surface area contributed by atoms with Crippen LogP contribution < -0.4 is 15.4 Å². The van der Waals surface area contributed by atoms with Gasteiger partial charge in [-0.2, -0.15) is 0 Å². The van der Waals surface area contributed by atoms with Crippen LogP contribution in [-0.2, 0) is 10.2 Å². The second-order valence-corrected chi connectivity index (χ2v) is 6.71. The fourth-order valence-corrected chi connectivity index (χ4v) is 2.36. The predicted octanol–water partition coefficient (Wildman–Crippen LogP) is 2.50. The van der Waals surface area contributed by atoms with E-state index in [9.17, 15) is 4.39 Å². The Labute approximate surface area is 132 Å². The highest BCUT2D eigenvalue weighted by molar-refractivity contribution is 5.55. The monoisotopic (exact) mass is 310 g/mol. The Morgan fingerprint density at radius 2 is 1.95 bits per heavy atom. The SMILES string of the molecule is CC(C)(C)c1cc(OC[C@H](F)CN)cc(N2CCOCC2)c1. The largest absolute Gasteiger partial charge is 0.490 e. The Bertz CT molecular complexity index is 482. The lowest BCUT2D eigenvalue weighted by Crippen LogP contribution is -2.36. The van der Waals surface area contributed by atoms with Crippen molar-refractivity contribution in [3.8, 4) is 5.75 Å². The van der Waals surface area contributed by atoms with E-state index in [4.69, 9.17) is 15.2 Å². The molecular formula is C17H27FN2O2. The van der Waals surface area contributed by atoms with Crippen LogP contribution in [0.25, 0.3) is 0 Å². The molecule has 1 fully saturated rings. The van der Waals surface area contributed by atoms with Gasteiger partial charge in [0, 0.05) is 31.4 Å². The average molecular weight is 310 g/mol. The molecule has 1 aliphatic heterocycles. The molecule has 1 aromatic carbocycles. The maximum Gasteiger partial charge on any atom is 0.146 e. The predicted molar refractivity (Wildman–Crippen MR) is 87.6 cm³/mol. The molecular weight excluding hydrogens is 283 g/mol. The molecule has 1 saturated heterocycles. The average Bonchev–Trinajstić information content (AvgIpc) is 2.52. The number of halogens is 1. The molecule has 0 radical (unpaired) electrons. The summed E-state index contributed by atoms with van der Waals surface area (Å²) in [6.07, 6.45) is -1.13. The van der Waals surface area contributed by atoms with Gasteiger partial charge in [-0.1, -0.05) is 20.8 Å². The first-order valence-corrected chi connectivity index (χ1v) is 7.85. The molecule has 0 unspecified atom stereocenters. The first-order valence-electron chi connectivity index (χ1n) is 7.85. The van der Waals surface area contributed by atoms with E-state index >= 15 is 0 Å². The van der Waals surface area contributed by atoms with Crippen molar-refractivity contribution in [3.63, 3.8) is 0 Å². The molecule has 1 aliphatic rings. The number of hydrogen-bond donors (Lipinski definition) is 1. The van der Waals surface area contributed by atoms with Crippen LogP contribution in [0, 0.1) is 0 Å². The summed E-state index contributed by atoms with van der Waals surface area (Å²) in [5.41, 5.74) is 7.59. The normalized spacial score (nSPS) is 17.4. The summed E-state index contributed by atoms with van der Waals surface area (Å²) in [6, 6.07) is 6.16. The molecule has 1 aromatic rings. The standard InChI is InChI=1S/C17H27FN2O2/c1-17(2,3)13-8-15(20-4-6-21-7-5-20)10-16(9-13)22-12-14(18)11-19/h8-10,14H,4-7,11-12,19H2,1-3H3/t14-/m1/s1. The van der Waals surface area contributed by atoms with Crippen molar-refractivity contribution >= 4 is 5.69 Å². The van der Waals surface area contributed by atoms with E-state index in [-0.39, 0.29) is 18.6 Å².